The van der Waals surface area contributed by atoms with Gasteiger partial charge in [0.25, 0.3) is 0 Å². The van der Waals surface area contributed by atoms with Crippen molar-refractivity contribution in [3.05, 3.63) is 29.3 Å². The highest BCUT2D eigenvalue weighted by Gasteiger charge is 2.27. The molecular formula is C13H18N2O2. The van der Waals surface area contributed by atoms with Crippen molar-refractivity contribution < 1.29 is 9.53 Å². The van der Waals surface area contributed by atoms with E-state index in [1.807, 2.05) is 12.1 Å². The van der Waals surface area contributed by atoms with Gasteiger partial charge in [-0.05, 0) is 17.0 Å². The molecule has 4 nitrogen and oxygen atoms in total. The molecule has 0 atom stereocenters. The number of ether oxygens (including phenoxy) is 1. The van der Waals surface area contributed by atoms with E-state index >= 15 is 0 Å². The van der Waals surface area contributed by atoms with Crippen LogP contribution in [0.3, 0.4) is 0 Å². The van der Waals surface area contributed by atoms with Crippen LogP contribution < -0.4 is 10.6 Å². The summed E-state index contributed by atoms with van der Waals surface area (Å²) in [6.07, 6.45) is 0. The third-order valence-electron chi connectivity index (χ3n) is 2.98. The number of benzene rings is 1. The number of hydrogen-bond donors (Lipinski definition) is 1. The molecule has 4 heteroatoms. The highest BCUT2D eigenvalue weighted by molar-refractivity contribution is 5.91. The summed E-state index contributed by atoms with van der Waals surface area (Å²) in [6.45, 7) is 7.20. The van der Waals surface area contributed by atoms with Gasteiger partial charge in [0.2, 0.25) is 0 Å². The molecule has 17 heavy (non-hydrogen) atoms. The van der Waals surface area contributed by atoms with Gasteiger partial charge < -0.3 is 10.5 Å². The summed E-state index contributed by atoms with van der Waals surface area (Å²) < 4.78 is 5.43. The number of fused-ring (bicyclic) bond motifs is 1. The second-order valence-electron chi connectivity index (χ2n) is 5.30. The van der Waals surface area contributed by atoms with Crippen LogP contribution >= 0.6 is 0 Å². The molecule has 0 bridgehead atoms. The Morgan fingerprint density at radius 1 is 1.41 bits per heavy atom. The van der Waals surface area contributed by atoms with Gasteiger partial charge in [-0.2, -0.15) is 0 Å². The van der Waals surface area contributed by atoms with Crippen LogP contribution in [0.5, 0.6) is 0 Å². The van der Waals surface area contributed by atoms with Gasteiger partial charge in [0.05, 0.1) is 12.3 Å². The van der Waals surface area contributed by atoms with Crippen molar-refractivity contribution in [1.29, 1.82) is 0 Å². The molecule has 92 valence electrons. The second-order valence-corrected chi connectivity index (χ2v) is 5.30. The summed E-state index contributed by atoms with van der Waals surface area (Å²) in [5.41, 5.74) is 8.50. The molecule has 0 fully saturated rings. The van der Waals surface area contributed by atoms with Crippen LogP contribution in [-0.4, -0.2) is 12.8 Å². The Morgan fingerprint density at radius 2 is 2.12 bits per heavy atom. The topological polar surface area (TPSA) is 55.6 Å². The second kappa shape index (κ2) is 4.04. The number of amides is 2. The predicted molar refractivity (Wildman–Crippen MR) is 66.9 cm³/mol. The number of nitrogens with two attached hydrogens (primary N) is 1. The van der Waals surface area contributed by atoms with Gasteiger partial charge in [-0.25, -0.2) is 4.79 Å². The Labute approximate surface area is 101 Å². The van der Waals surface area contributed by atoms with E-state index in [-0.39, 0.29) is 12.1 Å². The number of nitrogens with zero attached hydrogens (tertiary/aromatic N) is 1. The fraction of sp³-hybridized carbons (Fsp3) is 0.462. The lowest BCUT2D eigenvalue weighted by Crippen LogP contribution is -2.41. The van der Waals surface area contributed by atoms with Crippen LogP contribution in [-0.2, 0) is 16.8 Å². The lowest BCUT2D eigenvalue weighted by atomic mass is 9.83. The molecule has 1 aromatic rings. The number of hydrogen-bond acceptors (Lipinski definition) is 2. The summed E-state index contributed by atoms with van der Waals surface area (Å²) in [4.78, 5) is 12.8. The molecule has 1 aliphatic heterocycles. The van der Waals surface area contributed by atoms with Crippen molar-refractivity contribution in [2.45, 2.75) is 32.8 Å². The molecule has 0 saturated carbocycles. The summed E-state index contributed by atoms with van der Waals surface area (Å²) >= 11 is 0. The zero-order valence-corrected chi connectivity index (χ0v) is 10.5. The molecule has 0 aromatic heterocycles. The molecule has 0 unspecified atom stereocenters. The van der Waals surface area contributed by atoms with Gasteiger partial charge >= 0.3 is 6.03 Å². The Balaban J connectivity index is 2.55. The van der Waals surface area contributed by atoms with Crippen molar-refractivity contribution in [3.63, 3.8) is 0 Å². The van der Waals surface area contributed by atoms with E-state index in [2.05, 4.69) is 26.8 Å². The first-order valence-electron chi connectivity index (χ1n) is 5.68. The van der Waals surface area contributed by atoms with E-state index in [9.17, 15) is 4.79 Å². The maximum absolute atomic E-state index is 11.3. The van der Waals surface area contributed by atoms with Crippen molar-refractivity contribution in [2.24, 2.45) is 5.73 Å². The number of rotatable bonds is 0. The summed E-state index contributed by atoms with van der Waals surface area (Å²) in [6, 6.07) is 5.47. The summed E-state index contributed by atoms with van der Waals surface area (Å²) in [5, 5.41) is 0. The fourth-order valence-corrected chi connectivity index (χ4v) is 2.17. The molecule has 2 amide bonds. The Hall–Kier alpha value is -1.55. The molecule has 1 heterocycles. The van der Waals surface area contributed by atoms with Crippen molar-refractivity contribution in [2.75, 3.05) is 11.6 Å². The molecule has 0 spiro atoms. The van der Waals surface area contributed by atoms with E-state index < -0.39 is 6.03 Å². The van der Waals surface area contributed by atoms with Gasteiger partial charge in [-0.1, -0.05) is 32.9 Å². The first-order valence-corrected chi connectivity index (χ1v) is 5.68. The number of anilines is 1. The van der Waals surface area contributed by atoms with Crippen LogP contribution in [0.2, 0.25) is 0 Å². The quantitative estimate of drug-likeness (QED) is 0.749. The van der Waals surface area contributed by atoms with E-state index in [1.165, 1.54) is 10.5 Å². The number of carbonyl (C=O) groups excluding carboxylic acids is 1. The first kappa shape index (κ1) is 11.9. The molecule has 0 aliphatic carbocycles. The largest absolute Gasteiger partial charge is 0.356 e. The Bertz CT molecular complexity index is 449. The number of urea groups is 1. The lowest BCUT2D eigenvalue weighted by molar-refractivity contribution is 0.112. The molecule has 2 rings (SSSR count). The smallest absolute Gasteiger partial charge is 0.321 e. The fourth-order valence-electron chi connectivity index (χ4n) is 2.17. The maximum atomic E-state index is 11.3. The molecule has 1 aromatic carbocycles. The predicted octanol–water partition coefficient (Wildman–Crippen LogP) is 2.36. The van der Waals surface area contributed by atoms with Crippen LogP contribution in [0, 0.1) is 0 Å². The summed E-state index contributed by atoms with van der Waals surface area (Å²) in [7, 11) is 0. The third-order valence-corrected chi connectivity index (χ3v) is 2.98. The molecule has 0 saturated heterocycles. The molecular weight excluding hydrogens is 216 g/mol. The van der Waals surface area contributed by atoms with Crippen molar-refractivity contribution in [3.8, 4) is 0 Å². The third kappa shape index (κ3) is 2.13. The maximum Gasteiger partial charge on any atom is 0.321 e. The van der Waals surface area contributed by atoms with Crippen molar-refractivity contribution in [1.82, 2.24) is 0 Å². The van der Waals surface area contributed by atoms with Gasteiger partial charge in [0, 0.05) is 5.56 Å². The van der Waals surface area contributed by atoms with Gasteiger partial charge in [0.15, 0.2) is 0 Å². The average Bonchev–Trinajstić information content (AvgIpc) is 2.26. The Kier molecular flexibility index (Phi) is 2.83. The molecule has 1 aliphatic rings. The average molecular weight is 234 g/mol. The van der Waals surface area contributed by atoms with Gasteiger partial charge in [-0.15, -0.1) is 0 Å². The van der Waals surface area contributed by atoms with Crippen LogP contribution in [0.4, 0.5) is 10.5 Å². The minimum atomic E-state index is -0.475. The molecule has 2 N–H and O–H groups in total. The summed E-state index contributed by atoms with van der Waals surface area (Å²) in [5.74, 6) is 0. The van der Waals surface area contributed by atoms with Crippen LogP contribution in [0.1, 0.15) is 31.9 Å². The van der Waals surface area contributed by atoms with Crippen molar-refractivity contribution >= 4 is 11.7 Å². The van der Waals surface area contributed by atoms with E-state index in [0.29, 0.717) is 6.61 Å². The number of carbonyl (C=O) groups is 1. The highest BCUT2D eigenvalue weighted by atomic mass is 16.5. The van der Waals surface area contributed by atoms with E-state index in [4.69, 9.17) is 10.5 Å². The number of primary amides is 1. The molecule has 0 radical (unpaired) electrons. The first-order chi connectivity index (χ1) is 7.91. The monoisotopic (exact) mass is 234 g/mol. The normalized spacial score (nSPS) is 15.6. The van der Waals surface area contributed by atoms with Crippen LogP contribution in [0.25, 0.3) is 0 Å². The van der Waals surface area contributed by atoms with Gasteiger partial charge in [0.1, 0.15) is 6.73 Å². The van der Waals surface area contributed by atoms with Crippen LogP contribution in [0.15, 0.2) is 18.2 Å². The zero-order chi connectivity index (χ0) is 12.6. The van der Waals surface area contributed by atoms with E-state index in [1.54, 1.807) is 0 Å². The van der Waals surface area contributed by atoms with E-state index in [0.717, 1.165) is 11.3 Å². The Morgan fingerprint density at radius 3 is 2.71 bits per heavy atom. The minimum absolute atomic E-state index is 0.0232. The SMILES string of the molecule is CC(C)(C)c1cccc2c1COCN2C(N)=O. The highest BCUT2D eigenvalue weighted by Crippen LogP contribution is 2.34. The standard InChI is InChI=1S/C13H18N2O2/c1-13(2,3)10-5-4-6-11-9(10)7-17-8-15(11)12(14)16/h4-6H,7-8H2,1-3H3,(H2,14,16). The minimum Gasteiger partial charge on any atom is -0.356 e. The zero-order valence-electron chi connectivity index (χ0n) is 10.5. The van der Waals surface area contributed by atoms with Gasteiger partial charge in [-0.3, -0.25) is 4.90 Å². The lowest BCUT2D eigenvalue weighted by Gasteiger charge is -2.32.